The molecule has 12 aromatic rings. The molecule has 3 nitrogen and oxygen atoms in total. The van der Waals surface area contributed by atoms with Crippen molar-refractivity contribution in [2.75, 3.05) is 9.80 Å². The Balaban J connectivity index is 1.13. The van der Waals surface area contributed by atoms with Crippen LogP contribution in [0.15, 0.2) is 194 Å². The number of para-hydroxylation sites is 4. The molecular weight excluding hydrogens is 699 g/mol. The molecule has 56 heavy (non-hydrogen) atoms. The number of hydrogen-bond acceptors (Lipinski definition) is 3. The zero-order valence-electron chi connectivity index (χ0n) is 30.3. The number of thiophene rings is 1. The molecule has 2 aromatic heterocycles. The number of benzene rings is 10. The first-order valence-electron chi connectivity index (χ1n) is 19.1. The van der Waals surface area contributed by atoms with Gasteiger partial charge in [0.2, 0.25) is 0 Å². The maximum absolute atomic E-state index is 3.79. The summed E-state index contributed by atoms with van der Waals surface area (Å²) in [6.45, 7) is 0. The molecule has 12 rings (SSSR count). The van der Waals surface area contributed by atoms with Crippen molar-refractivity contribution in [3.63, 3.8) is 0 Å². The second-order valence-electron chi connectivity index (χ2n) is 14.6. The van der Waals surface area contributed by atoms with E-state index in [9.17, 15) is 0 Å². The number of rotatable bonds is 6. The van der Waals surface area contributed by atoms with Gasteiger partial charge in [-0.15, -0.1) is 11.3 Å². The zero-order chi connectivity index (χ0) is 36.7. The van der Waals surface area contributed by atoms with Gasteiger partial charge in [-0.05, 0) is 82.2 Å². The number of nitrogens with one attached hydrogen (secondary N) is 1. The van der Waals surface area contributed by atoms with Crippen molar-refractivity contribution in [1.29, 1.82) is 0 Å². The SMILES string of the molecule is c1ccc(N(c2ccc3ccc4c(N(c5ccccc5)c5cccc6c5sc5ccccc56)ccc5ccc2c3c54)c2cccc3c2[nH]c2ccccc23)cc1. The highest BCUT2D eigenvalue weighted by Gasteiger charge is 2.24. The summed E-state index contributed by atoms with van der Waals surface area (Å²) in [5.74, 6) is 0. The van der Waals surface area contributed by atoms with E-state index in [0.29, 0.717) is 0 Å². The van der Waals surface area contributed by atoms with Crippen molar-refractivity contribution in [3.8, 4) is 0 Å². The molecule has 4 heteroatoms. The van der Waals surface area contributed by atoms with Crippen molar-refractivity contribution >= 4 is 120 Å². The van der Waals surface area contributed by atoms with E-state index in [0.717, 1.165) is 39.5 Å². The van der Waals surface area contributed by atoms with E-state index in [-0.39, 0.29) is 0 Å². The standard InChI is InChI=1S/C52H33N3S/c1-3-13-35(14-4-1)54(46-22-11-19-39-37-17-7-9-21-43(37)53-51(39)46)44-31-27-33-26-30-42-45(32-28-34-25-29-41(44)49(33)50(34)42)55(36-15-5-2-6-16-36)47-23-12-20-40-38-18-8-10-24-48(38)56-52(40)47/h1-32,53H. The van der Waals surface area contributed by atoms with Crippen LogP contribution in [0.5, 0.6) is 0 Å². The summed E-state index contributed by atoms with van der Waals surface area (Å²) < 4.78 is 2.59. The molecule has 0 radical (unpaired) electrons. The second kappa shape index (κ2) is 12.2. The Bertz CT molecular complexity index is 3210. The predicted octanol–water partition coefficient (Wildman–Crippen LogP) is 15.5. The molecule has 0 aliphatic carbocycles. The molecule has 0 atom stereocenters. The lowest BCUT2D eigenvalue weighted by atomic mass is 9.91. The molecule has 0 fully saturated rings. The van der Waals surface area contributed by atoms with Crippen LogP contribution in [0.25, 0.3) is 74.3 Å². The highest BCUT2D eigenvalue weighted by atomic mass is 32.1. The van der Waals surface area contributed by atoms with Crippen LogP contribution in [0.1, 0.15) is 0 Å². The summed E-state index contributed by atoms with van der Waals surface area (Å²) in [5, 5.41) is 12.5. The van der Waals surface area contributed by atoms with Crippen molar-refractivity contribution in [3.05, 3.63) is 194 Å². The number of hydrogen-bond donors (Lipinski definition) is 1. The molecule has 1 N–H and O–H groups in total. The van der Waals surface area contributed by atoms with Crippen LogP contribution in [0.4, 0.5) is 34.1 Å². The van der Waals surface area contributed by atoms with E-state index in [2.05, 4.69) is 209 Å². The van der Waals surface area contributed by atoms with Crippen LogP contribution in [0.3, 0.4) is 0 Å². The van der Waals surface area contributed by atoms with E-state index < -0.39 is 0 Å². The first kappa shape index (κ1) is 31.2. The van der Waals surface area contributed by atoms with Crippen LogP contribution in [-0.4, -0.2) is 4.98 Å². The minimum atomic E-state index is 1.11. The quantitative estimate of drug-likeness (QED) is 0.172. The Morgan fingerprint density at radius 3 is 1.54 bits per heavy atom. The summed E-state index contributed by atoms with van der Waals surface area (Å²) in [4.78, 5) is 8.69. The lowest BCUT2D eigenvalue weighted by Gasteiger charge is -2.29. The summed E-state index contributed by atoms with van der Waals surface area (Å²) in [6, 6.07) is 70.9. The molecular formula is C52H33N3S. The third kappa shape index (κ3) is 4.57. The first-order valence-corrected chi connectivity index (χ1v) is 19.9. The molecule has 0 saturated heterocycles. The molecule has 0 bridgehead atoms. The number of anilines is 6. The maximum atomic E-state index is 3.79. The van der Waals surface area contributed by atoms with E-state index in [1.54, 1.807) is 0 Å². The minimum absolute atomic E-state index is 1.11. The Morgan fingerprint density at radius 2 is 0.857 bits per heavy atom. The molecule has 10 aromatic carbocycles. The maximum Gasteiger partial charge on any atom is 0.0709 e. The Morgan fingerprint density at radius 1 is 0.339 bits per heavy atom. The van der Waals surface area contributed by atoms with Gasteiger partial charge in [0.25, 0.3) is 0 Å². The number of H-pyrrole nitrogens is 1. The van der Waals surface area contributed by atoms with Crippen molar-refractivity contribution in [2.45, 2.75) is 0 Å². The summed E-state index contributed by atoms with van der Waals surface area (Å²) in [6.07, 6.45) is 0. The molecule has 0 aliphatic heterocycles. The summed E-state index contributed by atoms with van der Waals surface area (Å²) in [5.41, 5.74) is 9.12. The number of fused-ring (bicyclic) bond motifs is 6. The highest BCUT2D eigenvalue weighted by Crippen LogP contribution is 2.50. The second-order valence-corrected chi connectivity index (χ2v) is 15.6. The van der Waals surface area contributed by atoms with Gasteiger partial charge in [-0.2, -0.15) is 0 Å². The van der Waals surface area contributed by atoms with E-state index in [4.69, 9.17) is 0 Å². The zero-order valence-corrected chi connectivity index (χ0v) is 31.1. The first-order chi connectivity index (χ1) is 27.8. The third-order valence-electron chi connectivity index (χ3n) is 11.5. The lowest BCUT2D eigenvalue weighted by molar-refractivity contribution is 1.30. The van der Waals surface area contributed by atoms with E-state index in [1.807, 2.05) is 11.3 Å². The molecule has 0 aliphatic rings. The van der Waals surface area contributed by atoms with Gasteiger partial charge in [-0.3, -0.25) is 0 Å². The van der Waals surface area contributed by atoms with Gasteiger partial charge in [-0.25, -0.2) is 0 Å². The van der Waals surface area contributed by atoms with E-state index in [1.165, 1.54) is 68.9 Å². The fourth-order valence-electron chi connectivity index (χ4n) is 9.08. The van der Waals surface area contributed by atoms with Gasteiger partial charge in [0, 0.05) is 53.9 Å². The number of aromatic amines is 1. The Kier molecular flexibility index (Phi) is 6.80. The van der Waals surface area contributed by atoms with Gasteiger partial charge >= 0.3 is 0 Å². The van der Waals surface area contributed by atoms with Crippen LogP contribution in [0.2, 0.25) is 0 Å². The third-order valence-corrected chi connectivity index (χ3v) is 12.7. The average molecular weight is 732 g/mol. The molecule has 0 saturated carbocycles. The largest absolute Gasteiger partial charge is 0.353 e. The highest BCUT2D eigenvalue weighted by molar-refractivity contribution is 7.26. The molecule has 0 amide bonds. The molecule has 0 spiro atoms. The lowest BCUT2D eigenvalue weighted by Crippen LogP contribution is -2.12. The molecule has 2 heterocycles. The fraction of sp³-hybridized carbons (Fsp3) is 0. The van der Waals surface area contributed by atoms with E-state index >= 15 is 0 Å². The van der Waals surface area contributed by atoms with Crippen LogP contribution >= 0.6 is 11.3 Å². The predicted molar refractivity (Wildman–Crippen MR) is 242 cm³/mol. The monoisotopic (exact) mass is 731 g/mol. The average Bonchev–Trinajstić information content (AvgIpc) is 3.84. The van der Waals surface area contributed by atoms with Gasteiger partial charge in [0.1, 0.15) is 0 Å². The molecule has 0 unspecified atom stereocenters. The minimum Gasteiger partial charge on any atom is -0.353 e. The molecule has 262 valence electrons. The summed E-state index contributed by atoms with van der Waals surface area (Å²) in [7, 11) is 0. The Labute approximate surface area is 327 Å². The Hall–Kier alpha value is -7.14. The van der Waals surface area contributed by atoms with Gasteiger partial charge in [0.05, 0.1) is 33.0 Å². The number of aromatic nitrogens is 1. The van der Waals surface area contributed by atoms with Crippen molar-refractivity contribution in [2.24, 2.45) is 0 Å². The van der Waals surface area contributed by atoms with Crippen LogP contribution in [-0.2, 0) is 0 Å². The topological polar surface area (TPSA) is 22.3 Å². The number of nitrogens with zero attached hydrogens (tertiary/aromatic N) is 2. The van der Waals surface area contributed by atoms with Crippen LogP contribution in [0, 0.1) is 0 Å². The smallest absolute Gasteiger partial charge is 0.0709 e. The van der Waals surface area contributed by atoms with Crippen molar-refractivity contribution in [1.82, 2.24) is 4.98 Å². The normalized spacial score (nSPS) is 11.9. The fourth-order valence-corrected chi connectivity index (χ4v) is 10.3. The van der Waals surface area contributed by atoms with Gasteiger partial charge in [0.15, 0.2) is 0 Å². The summed E-state index contributed by atoms with van der Waals surface area (Å²) >= 11 is 1.87. The van der Waals surface area contributed by atoms with Crippen molar-refractivity contribution < 1.29 is 0 Å². The van der Waals surface area contributed by atoms with Crippen LogP contribution < -0.4 is 9.80 Å². The van der Waals surface area contributed by atoms with Gasteiger partial charge < -0.3 is 14.8 Å². The van der Waals surface area contributed by atoms with Gasteiger partial charge in [-0.1, -0.05) is 133 Å².